The van der Waals surface area contributed by atoms with Crippen LogP contribution in [0.5, 0.6) is 11.5 Å². The Morgan fingerprint density at radius 2 is 1.91 bits per heavy atom. The van der Waals surface area contributed by atoms with E-state index in [1.165, 1.54) is 7.11 Å². The van der Waals surface area contributed by atoms with Gasteiger partial charge in [0.15, 0.2) is 0 Å². The molecule has 0 heterocycles. The highest BCUT2D eigenvalue weighted by atomic mass is 16.5. The van der Waals surface area contributed by atoms with Gasteiger partial charge < -0.3 is 19.3 Å². The third-order valence-corrected chi connectivity index (χ3v) is 3.66. The van der Waals surface area contributed by atoms with Gasteiger partial charge in [-0.2, -0.15) is 0 Å². The van der Waals surface area contributed by atoms with Crippen LogP contribution < -0.4 is 9.47 Å². The predicted octanol–water partition coefficient (Wildman–Crippen LogP) is 3.36. The quantitative estimate of drug-likeness (QED) is 0.528. The molecule has 1 aromatic carbocycles. The maximum Gasteiger partial charge on any atom is 0.342 e. The average molecular weight is 324 g/mol. The second-order valence-electron chi connectivity index (χ2n) is 5.53. The zero-order valence-corrected chi connectivity index (χ0v) is 14.6. The molecule has 1 aromatic rings. The van der Waals surface area contributed by atoms with Gasteiger partial charge in [0.05, 0.1) is 26.9 Å². The lowest BCUT2D eigenvalue weighted by Crippen LogP contribution is -2.11. The van der Waals surface area contributed by atoms with E-state index in [1.807, 2.05) is 6.07 Å². The summed E-state index contributed by atoms with van der Waals surface area (Å²) in [5, 5.41) is 9.29. The van der Waals surface area contributed by atoms with Gasteiger partial charge in [0, 0.05) is 6.07 Å². The van der Waals surface area contributed by atoms with Crippen molar-refractivity contribution in [2.45, 2.75) is 52.1 Å². The van der Waals surface area contributed by atoms with Crippen molar-refractivity contribution in [2.24, 2.45) is 0 Å². The first-order valence-corrected chi connectivity index (χ1v) is 8.13. The fourth-order valence-corrected chi connectivity index (χ4v) is 2.49. The lowest BCUT2D eigenvalue weighted by molar-refractivity contribution is 0.0521. The zero-order chi connectivity index (χ0) is 17.2. The Bertz CT molecular complexity index is 496. The fraction of sp³-hybridized carbons (Fsp3) is 0.611. The van der Waals surface area contributed by atoms with Crippen LogP contribution in [-0.2, 0) is 11.2 Å². The third-order valence-electron chi connectivity index (χ3n) is 3.66. The Balaban J connectivity index is 2.90. The summed E-state index contributed by atoms with van der Waals surface area (Å²) < 4.78 is 15.8. The lowest BCUT2D eigenvalue weighted by atomic mass is 9.99. The van der Waals surface area contributed by atoms with E-state index in [1.54, 1.807) is 27.0 Å². The summed E-state index contributed by atoms with van der Waals surface area (Å²) in [5.74, 6) is 0.765. The summed E-state index contributed by atoms with van der Waals surface area (Å²) in [6, 6.07) is 3.56. The summed E-state index contributed by atoms with van der Waals surface area (Å²) in [7, 11) is 3.12. The fourth-order valence-electron chi connectivity index (χ4n) is 2.49. The highest BCUT2D eigenvalue weighted by molar-refractivity contribution is 5.94. The zero-order valence-electron chi connectivity index (χ0n) is 14.6. The molecule has 0 aliphatic heterocycles. The Morgan fingerprint density at radius 3 is 2.48 bits per heavy atom. The molecular weight excluding hydrogens is 296 g/mol. The van der Waals surface area contributed by atoms with Crippen molar-refractivity contribution in [3.05, 3.63) is 23.3 Å². The Labute approximate surface area is 138 Å². The standard InChI is InChI=1S/C18H28O5/c1-5-23-18(20)17-14(10-8-6-7-9-13(2)19)11-15(21-3)12-16(17)22-4/h11-13,19H,5-10H2,1-4H3/t13-/m1/s1. The molecule has 0 unspecified atom stereocenters. The molecule has 0 fully saturated rings. The number of methoxy groups -OCH3 is 2. The number of ether oxygens (including phenoxy) is 3. The summed E-state index contributed by atoms with van der Waals surface area (Å²) in [4.78, 5) is 12.2. The number of hydrogen-bond acceptors (Lipinski definition) is 5. The van der Waals surface area contributed by atoms with Gasteiger partial charge in [-0.1, -0.05) is 12.8 Å². The molecule has 0 saturated heterocycles. The van der Waals surface area contributed by atoms with Crippen LogP contribution in [0.2, 0.25) is 0 Å². The molecule has 0 saturated carbocycles. The van der Waals surface area contributed by atoms with E-state index in [9.17, 15) is 9.90 Å². The van der Waals surface area contributed by atoms with Crippen molar-refractivity contribution < 1.29 is 24.1 Å². The summed E-state index contributed by atoms with van der Waals surface area (Å²) in [5.41, 5.74) is 1.35. The molecule has 5 nitrogen and oxygen atoms in total. The smallest absolute Gasteiger partial charge is 0.342 e. The minimum atomic E-state index is -0.369. The van der Waals surface area contributed by atoms with Gasteiger partial charge in [0.1, 0.15) is 17.1 Å². The molecule has 0 bridgehead atoms. The van der Waals surface area contributed by atoms with E-state index in [0.717, 1.165) is 37.7 Å². The molecule has 1 rings (SSSR count). The van der Waals surface area contributed by atoms with E-state index in [4.69, 9.17) is 14.2 Å². The van der Waals surface area contributed by atoms with Gasteiger partial charge in [-0.05, 0) is 44.7 Å². The maximum absolute atomic E-state index is 12.2. The average Bonchev–Trinajstić information content (AvgIpc) is 2.53. The number of benzene rings is 1. The largest absolute Gasteiger partial charge is 0.497 e. The number of unbranched alkanes of at least 4 members (excludes halogenated alkanes) is 2. The second-order valence-corrected chi connectivity index (χ2v) is 5.53. The molecule has 1 N–H and O–H groups in total. The van der Waals surface area contributed by atoms with Gasteiger partial charge in [0.25, 0.3) is 0 Å². The SMILES string of the molecule is CCOC(=O)c1c(CCCCC[C@@H](C)O)cc(OC)cc1OC. The van der Waals surface area contributed by atoms with Crippen LogP contribution in [0.1, 0.15) is 55.5 Å². The monoisotopic (exact) mass is 324 g/mol. The maximum atomic E-state index is 12.2. The first-order valence-electron chi connectivity index (χ1n) is 8.13. The van der Waals surface area contributed by atoms with Gasteiger partial charge >= 0.3 is 5.97 Å². The molecule has 0 radical (unpaired) electrons. The molecule has 0 aliphatic rings. The van der Waals surface area contributed by atoms with Gasteiger partial charge in [-0.3, -0.25) is 0 Å². The predicted molar refractivity (Wildman–Crippen MR) is 89.4 cm³/mol. The van der Waals surface area contributed by atoms with Crippen LogP contribution in [0, 0.1) is 0 Å². The molecule has 130 valence electrons. The third kappa shape index (κ3) is 6.10. The Hall–Kier alpha value is -1.75. The summed E-state index contributed by atoms with van der Waals surface area (Å²) in [6.07, 6.45) is 4.16. The van der Waals surface area contributed by atoms with E-state index in [0.29, 0.717) is 23.7 Å². The number of aryl methyl sites for hydroxylation is 1. The van der Waals surface area contributed by atoms with Crippen molar-refractivity contribution in [3.8, 4) is 11.5 Å². The molecule has 0 aliphatic carbocycles. The number of rotatable bonds is 10. The van der Waals surface area contributed by atoms with E-state index < -0.39 is 0 Å². The Kier molecular flexibility index (Phi) is 8.48. The molecule has 0 spiro atoms. The van der Waals surface area contributed by atoms with Crippen molar-refractivity contribution in [2.75, 3.05) is 20.8 Å². The number of aliphatic hydroxyl groups is 1. The minimum absolute atomic E-state index is 0.262. The molecule has 0 amide bonds. The highest BCUT2D eigenvalue weighted by Crippen LogP contribution is 2.30. The normalized spacial score (nSPS) is 11.9. The topological polar surface area (TPSA) is 65.0 Å². The molecule has 0 aromatic heterocycles. The summed E-state index contributed by atoms with van der Waals surface area (Å²) >= 11 is 0. The first kappa shape index (κ1) is 19.3. The first-order chi connectivity index (χ1) is 11.0. The van der Waals surface area contributed by atoms with E-state index in [-0.39, 0.29) is 12.1 Å². The number of aliphatic hydroxyl groups excluding tert-OH is 1. The lowest BCUT2D eigenvalue weighted by Gasteiger charge is -2.15. The molecule has 5 heteroatoms. The number of carbonyl (C=O) groups excluding carboxylic acids is 1. The highest BCUT2D eigenvalue weighted by Gasteiger charge is 2.20. The van der Waals surface area contributed by atoms with Gasteiger partial charge in [-0.25, -0.2) is 4.79 Å². The molecular formula is C18H28O5. The van der Waals surface area contributed by atoms with Gasteiger partial charge in [-0.15, -0.1) is 0 Å². The number of hydrogen-bond donors (Lipinski definition) is 1. The van der Waals surface area contributed by atoms with Crippen molar-refractivity contribution in [1.29, 1.82) is 0 Å². The van der Waals surface area contributed by atoms with Crippen molar-refractivity contribution >= 4 is 5.97 Å². The number of esters is 1. The van der Waals surface area contributed by atoms with E-state index in [2.05, 4.69) is 0 Å². The van der Waals surface area contributed by atoms with Crippen LogP contribution in [-0.4, -0.2) is 38.0 Å². The van der Waals surface area contributed by atoms with Crippen LogP contribution in [0.4, 0.5) is 0 Å². The molecule has 23 heavy (non-hydrogen) atoms. The summed E-state index contributed by atoms with van der Waals surface area (Å²) in [6.45, 7) is 3.90. The van der Waals surface area contributed by atoms with Crippen LogP contribution in [0.15, 0.2) is 12.1 Å². The van der Waals surface area contributed by atoms with Gasteiger partial charge in [0.2, 0.25) is 0 Å². The second kappa shape index (κ2) is 10.1. The van der Waals surface area contributed by atoms with Crippen molar-refractivity contribution in [3.63, 3.8) is 0 Å². The Morgan fingerprint density at radius 1 is 1.17 bits per heavy atom. The van der Waals surface area contributed by atoms with Crippen molar-refractivity contribution in [1.82, 2.24) is 0 Å². The number of carbonyl (C=O) groups is 1. The minimum Gasteiger partial charge on any atom is -0.497 e. The van der Waals surface area contributed by atoms with Crippen LogP contribution in [0.3, 0.4) is 0 Å². The van der Waals surface area contributed by atoms with Crippen LogP contribution >= 0.6 is 0 Å². The molecule has 1 atom stereocenters. The van der Waals surface area contributed by atoms with E-state index >= 15 is 0 Å². The van der Waals surface area contributed by atoms with Crippen LogP contribution in [0.25, 0.3) is 0 Å².